The van der Waals surface area contributed by atoms with Crippen LogP contribution in [0.1, 0.15) is 32.3 Å². The number of nitrogen functional groups attached to an aromatic ring is 1. The maximum Gasteiger partial charge on any atom is 0.230 e. The Labute approximate surface area is 204 Å². The smallest absolute Gasteiger partial charge is 0.230 e. The summed E-state index contributed by atoms with van der Waals surface area (Å²) in [6, 6.07) is 10.8. The molecule has 0 radical (unpaired) electrons. The van der Waals surface area contributed by atoms with Gasteiger partial charge >= 0.3 is 0 Å². The van der Waals surface area contributed by atoms with E-state index in [0.717, 1.165) is 19.0 Å². The summed E-state index contributed by atoms with van der Waals surface area (Å²) in [5, 5.41) is 6.00. The van der Waals surface area contributed by atoms with Gasteiger partial charge in [0.1, 0.15) is 17.4 Å². The van der Waals surface area contributed by atoms with Crippen molar-refractivity contribution in [2.45, 2.75) is 33.1 Å². The van der Waals surface area contributed by atoms with Gasteiger partial charge in [-0.3, -0.25) is 9.59 Å². The van der Waals surface area contributed by atoms with Crippen LogP contribution < -0.4 is 26.4 Å². The van der Waals surface area contributed by atoms with Crippen molar-refractivity contribution in [3.8, 4) is 11.5 Å². The van der Waals surface area contributed by atoms with Crippen molar-refractivity contribution in [2.24, 2.45) is 5.41 Å². The molecule has 1 unspecified atom stereocenters. The average molecular weight is 500 g/mol. The monoisotopic (exact) mass is 500 g/mol. The number of aromatic nitrogens is 1. The van der Waals surface area contributed by atoms with E-state index in [1.165, 1.54) is 24.3 Å². The fourth-order valence-corrected chi connectivity index (χ4v) is 3.45. The van der Waals surface area contributed by atoms with Gasteiger partial charge in [-0.25, -0.2) is 13.8 Å². The van der Waals surface area contributed by atoms with E-state index in [9.17, 15) is 18.4 Å². The van der Waals surface area contributed by atoms with Crippen molar-refractivity contribution >= 4 is 44.1 Å². The number of benzene rings is 2. The molecule has 1 aliphatic carbocycles. The third-order valence-electron chi connectivity index (χ3n) is 5.57. The van der Waals surface area contributed by atoms with Gasteiger partial charge in [-0.2, -0.15) is 0 Å². The van der Waals surface area contributed by atoms with Crippen LogP contribution in [0.2, 0.25) is 0 Å². The Bertz CT molecular complexity index is 1220. The molecule has 1 saturated carbocycles. The third-order valence-corrected chi connectivity index (χ3v) is 6.02. The summed E-state index contributed by atoms with van der Waals surface area (Å²) in [5.74, 6) is -0.0377. The highest BCUT2D eigenvalue weighted by molar-refractivity contribution is 7.27. The molecule has 1 aliphatic rings. The minimum absolute atomic E-state index is 0.0202. The predicted molar refractivity (Wildman–Crippen MR) is 136 cm³/mol. The van der Waals surface area contributed by atoms with Crippen LogP contribution in [-0.4, -0.2) is 17.3 Å². The summed E-state index contributed by atoms with van der Waals surface area (Å²) in [6.07, 6.45) is 3.93. The molecule has 3 aromatic rings. The second-order valence-electron chi connectivity index (χ2n) is 8.29. The largest absolute Gasteiger partial charge is 0.453 e. The molecule has 1 fully saturated rings. The van der Waals surface area contributed by atoms with E-state index in [-0.39, 0.29) is 28.7 Å². The van der Waals surface area contributed by atoms with Gasteiger partial charge in [0, 0.05) is 27.7 Å². The SMILES string of the molecule is CCc1c(N)ncc(F)c1Oc1ccc(NC(=O)C2(C)CC2)cc1P.O=CNc1ccc(F)cc1. The minimum Gasteiger partial charge on any atom is -0.453 e. The Balaban J connectivity index is 0.000000287. The molecule has 0 spiro atoms. The summed E-state index contributed by atoms with van der Waals surface area (Å²) in [5.41, 5.74) is 7.37. The van der Waals surface area contributed by atoms with E-state index >= 15 is 0 Å². The standard InChI is InChI=1S/C18H21FN3O2P.C7H6FNO/c1-3-11-15(12(19)9-21-16(11)20)24-13-5-4-10(8-14(13)25)22-17(23)18(2)6-7-18;8-6-1-3-7(4-2-6)9-5-10/h4-5,8-9H,3,6-7,25H2,1-2H3,(H2,20,21)(H,22,23);1-5H,(H,9,10). The Morgan fingerprint density at radius 1 is 1.20 bits per heavy atom. The first-order valence-corrected chi connectivity index (χ1v) is 11.5. The summed E-state index contributed by atoms with van der Waals surface area (Å²) in [6.45, 7) is 3.81. The Morgan fingerprint density at radius 2 is 1.86 bits per heavy atom. The Hall–Kier alpha value is -3.58. The molecule has 0 aliphatic heterocycles. The van der Waals surface area contributed by atoms with E-state index in [0.29, 0.717) is 40.8 Å². The second kappa shape index (κ2) is 11.2. The van der Waals surface area contributed by atoms with Crippen LogP contribution in [0.25, 0.3) is 0 Å². The highest BCUT2D eigenvalue weighted by atomic mass is 31.0. The number of halogens is 2. The number of ether oxygens (including phenoxy) is 1. The van der Waals surface area contributed by atoms with E-state index in [2.05, 4.69) is 24.9 Å². The molecule has 35 heavy (non-hydrogen) atoms. The minimum atomic E-state index is -0.561. The fraction of sp³-hybridized carbons (Fsp3) is 0.240. The molecule has 1 heterocycles. The molecular formula is C25H27F2N4O3P. The van der Waals surface area contributed by atoms with Crippen LogP contribution in [0.5, 0.6) is 11.5 Å². The number of amides is 2. The normalized spacial score (nSPS) is 13.2. The van der Waals surface area contributed by atoms with E-state index in [1.54, 1.807) is 18.2 Å². The fourth-order valence-electron chi connectivity index (χ4n) is 3.12. The topological polar surface area (TPSA) is 106 Å². The maximum atomic E-state index is 14.1. The third kappa shape index (κ3) is 6.73. The number of hydrogen-bond acceptors (Lipinski definition) is 5. The highest BCUT2D eigenvalue weighted by Gasteiger charge is 2.44. The Morgan fingerprint density at radius 3 is 2.43 bits per heavy atom. The summed E-state index contributed by atoms with van der Waals surface area (Å²) in [4.78, 5) is 25.8. The van der Waals surface area contributed by atoms with Crippen LogP contribution in [0, 0.1) is 17.0 Å². The van der Waals surface area contributed by atoms with Crippen LogP contribution >= 0.6 is 9.24 Å². The lowest BCUT2D eigenvalue weighted by Gasteiger charge is -2.15. The van der Waals surface area contributed by atoms with Gasteiger partial charge in [0.25, 0.3) is 0 Å². The number of carbonyl (C=O) groups excluding carboxylic acids is 2. The Kier molecular flexibility index (Phi) is 8.35. The van der Waals surface area contributed by atoms with Gasteiger partial charge in [0.2, 0.25) is 12.3 Å². The lowest BCUT2D eigenvalue weighted by molar-refractivity contribution is -0.120. The van der Waals surface area contributed by atoms with Crippen LogP contribution in [-0.2, 0) is 16.0 Å². The zero-order valence-electron chi connectivity index (χ0n) is 19.4. The number of hydrogen-bond donors (Lipinski definition) is 3. The molecule has 2 amide bonds. The number of pyridine rings is 1. The molecule has 2 aromatic carbocycles. The van der Waals surface area contributed by atoms with E-state index < -0.39 is 5.82 Å². The lowest BCUT2D eigenvalue weighted by atomic mass is 10.1. The van der Waals surface area contributed by atoms with Crippen molar-refractivity contribution in [3.05, 3.63) is 65.9 Å². The number of nitrogens with one attached hydrogen (secondary N) is 2. The van der Waals surface area contributed by atoms with E-state index in [4.69, 9.17) is 10.5 Å². The van der Waals surface area contributed by atoms with Crippen molar-refractivity contribution in [1.29, 1.82) is 0 Å². The first-order chi connectivity index (χ1) is 16.7. The number of nitrogens with two attached hydrogens (primary N) is 1. The van der Waals surface area contributed by atoms with Crippen molar-refractivity contribution < 1.29 is 23.1 Å². The maximum absolute atomic E-state index is 14.1. The molecule has 184 valence electrons. The van der Waals surface area contributed by atoms with Crippen LogP contribution in [0.15, 0.2) is 48.7 Å². The molecule has 7 nitrogen and oxygen atoms in total. The van der Waals surface area contributed by atoms with Gasteiger partial charge in [-0.15, -0.1) is 9.24 Å². The molecule has 1 aromatic heterocycles. The van der Waals surface area contributed by atoms with Gasteiger partial charge < -0.3 is 21.1 Å². The molecule has 1 atom stereocenters. The van der Waals surface area contributed by atoms with Crippen molar-refractivity contribution in [1.82, 2.24) is 4.98 Å². The quantitative estimate of drug-likeness (QED) is 0.320. The van der Waals surface area contributed by atoms with Gasteiger partial charge in [0.15, 0.2) is 11.6 Å². The highest BCUT2D eigenvalue weighted by Crippen LogP contribution is 2.45. The molecular weight excluding hydrogens is 473 g/mol. The van der Waals surface area contributed by atoms with Gasteiger partial charge in [0.05, 0.1) is 6.20 Å². The number of anilines is 3. The number of carbonyl (C=O) groups is 2. The van der Waals surface area contributed by atoms with Crippen molar-refractivity contribution in [2.75, 3.05) is 16.4 Å². The molecule has 0 bridgehead atoms. The molecule has 4 rings (SSSR count). The predicted octanol–water partition coefficient (Wildman–Crippen LogP) is 4.79. The van der Waals surface area contributed by atoms with Crippen LogP contribution in [0.3, 0.4) is 0 Å². The summed E-state index contributed by atoms with van der Waals surface area (Å²) >= 11 is 0. The first kappa shape index (κ1) is 26.0. The first-order valence-electron chi connectivity index (χ1n) is 10.9. The number of rotatable bonds is 7. The molecule has 10 heteroatoms. The zero-order valence-corrected chi connectivity index (χ0v) is 20.6. The average Bonchev–Trinajstić information content (AvgIpc) is 3.59. The van der Waals surface area contributed by atoms with Crippen LogP contribution in [0.4, 0.5) is 26.0 Å². The van der Waals surface area contributed by atoms with Gasteiger partial charge in [-0.1, -0.05) is 13.8 Å². The zero-order chi connectivity index (χ0) is 25.6. The van der Waals surface area contributed by atoms with E-state index in [1.807, 2.05) is 13.8 Å². The summed E-state index contributed by atoms with van der Waals surface area (Å²) < 4.78 is 32.1. The lowest BCUT2D eigenvalue weighted by Crippen LogP contribution is -2.21. The molecule has 0 saturated heterocycles. The summed E-state index contributed by atoms with van der Waals surface area (Å²) in [7, 11) is 2.54. The molecule has 4 N–H and O–H groups in total. The number of nitrogens with zero attached hydrogens (tertiary/aromatic N) is 1. The van der Waals surface area contributed by atoms with Gasteiger partial charge in [-0.05, 0) is 61.7 Å². The van der Waals surface area contributed by atoms with Crippen molar-refractivity contribution in [3.63, 3.8) is 0 Å². The second-order valence-corrected chi connectivity index (χ2v) is 8.91.